The molecule has 0 saturated carbocycles. The lowest BCUT2D eigenvalue weighted by atomic mass is 9.94. The van der Waals surface area contributed by atoms with Gasteiger partial charge in [0, 0.05) is 18.6 Å². The highest BCUT2D eigenvalue weighted by Crippen LogP contribution is 2.29. The van der Waals surface area contributed by atoms with E-state index in [1.807, 2.05) is 12.1 Å². The predicted octanol–water partition coefficient (Wildman–Crippen LogP) is 3.99. The van der Waals surface area contributed by atoms with Crippen molar-refractivity contribution in [3.8, 4) is 0 Å². The molecule has 1 aromatic rings. The van der Waals surface area contributed by atoms with Crippen molar-refractivity contribution < 1.29 is 4.39 Å². The summed E-state index contributed by atoms with van der Waals surface area (Å²) in [5.74, 6) is 0.631. The minimum atomic E-state index is -0.150. The van der Waals surface area contributed by atoms with E-state index in [2.05, 4.69) is 31.0 Å². The Morgan fingerprint density at radius 2 is 1.81 bits per heavy atom. The van der Waals surface area contributed by atoms with Crippen LogP contribution in [-0.2, 0) is 0 Å². The molecule has 0 aromatic heterocycles. The molecule has 1 aromatic carbocycles. The fraction of sp³-hybridized carbons (Fsp3) is 0.667. The fourth-order valence-corrected chi connectivity index (χ4v) is 3.41. The molecule has 0 radical (unpaired) electrons. The highest BCUT2D eigenvalue weighted by atomic mass is 19.1. The predicted molar refractivity (Wildman–Crippen MR) is 86.9 cm³/mol. The van der Waals surface area contributed by atoms with E-state index in [-0.39, 0.29) is 5.82 Å². The van der Waals surface area contributed by atoms with Gasteiger partial charge in [-0.3, -0.25) is 4.90 Å². The second-order valence-electron chi connectivity index (χ2n) is 6.46. The number of hydrogen-bond acceptors (Lipinski definition) is 2. The first-order valence-corrected chi connectivity index (χ1v) is 8.33. The minimum Gasteiger partial charge on any atom is -0.317 e. The Hall–Kier alpha value is -0.930. The number of hydrogen-bond donors (Lipinski definition) is 1. The van der Waals surface area contributed by atoms with Crippen LogP contribution in [0.3, 0.4) is 0 Å². The van der Waals surface area contributed by atoms with Crippen LogP contribution in [0.2, 0.25) is 0 Å². The van der Waals surface area contributed by atoms with Gasteiger partial charge in [0.15, 0.2) is 0 Å². The van der Waals surface area contributed by atoms with Crippen molar-refractivity contribution in [2.75, 3.05) is 19.6 Å². The largest absolute Gasteiger partial charge is 0.317 e. The molecule has 1 aliphatic rings. The summed E-state index contributed by atoms with van der Waals surface area (Å²) in [6.07, 6.45) is 3.60. The third-order valence-corrected chi connectivity index (χ3v) is 4.63. The summed E-state index contributed by atoms with van der Waals surface area (Å²) in [7, 11) is 0. The Balaban J connectivity index is 2.11. The Bertz CT molecular complexity index is 410. The standard InChI is InChI=1S/C18H29FN2/c1-4-18(16-5-7-17(19)8-6-16)21(14(2)3)13-15-9-11-20-12-10-15/h5-8,14-15,18,20H,4,9-13H2,1-3H3. The summed E-state index contributed by atoms with van der Waals surface area (Å²) in [5, 5.41) is 3.44. The van der Waals surface area contributed by atoms with Gasteiger partial charge in [0.05, 0.1) is 0 Å². The number of benzene rings is 1. The second kappa shape index (κ2) is 7.90. The van der Waals surface area contributed by atoms with Gasteiger partial charge >= 0.3 is 0 Å². The van der Waals surface area contributed by atoms with Gasteiger partial charge in [-0.15, -0.1) is 0 Å². The van der Waals surface area contributed by atoms with Crippen molar-refractivity contribution in [3.63, 3.8) is 0 Å². The number of nitrogens with one attached hydrogen (secondary N) is 1. The van der Waals surface area contributed by atoms with E-state index in [4.69, 9.17) is 0 Å². The molecular formula is C18H29FN2. The van der Waals surface area contributed by atoms with Gasteiger partial charge in [0.1, 0.15) is 5.82 Å². The first kappa shape index (κ1) is 16.4. The number of halogens is 1. The second-order valence-corrected chi connectivity index (χ2v) is 6.46. The summed E-state index contributed by atoms with van der Waals surface area (Å²) in [6, 6.07) is 7.96. The van der Waals surface area contributed by atoms with Gasteiger partial charge in [0.2, 0.25) is 0 Å². The van der Waals surface area contributed by atoms with E-state index in [1.165, 1.54) is 18.4 Å². The summed E-state index contributed by atoms with van der Waals surface area (Å²) in [4.78, 5) is 2.60. The van der Waals surface area contributed by atoms with Crippen LogP contribution in [0.25, 0.3) is 0 Å². The maximum atomic E-state index is 13.2. The topological polar surface area (TPSA) is 15.3 Å². The number of piperidine rings is 1. The first-order valence-electron chi connectivity index (χ1n) is 8.33. The van der Waals surface area contributed by atoms with E-state index in [1.54, 1.807) is 12.1 Å². The maximum Gasteiger partial charge on any atom is 0.123 e. The minimum absolute atomic E-state index is 0.150. The Labute approximate surface area is 128 Å². The molecule has 0 spiro atoms. The zero-order valence-electron chi connectivity index (χ0n) is 13.6. The van der Waals surface area contributed by atoms with Crippen molar-refractivity contribution >= 4 is 0 Å². The number of nitrogens with zero attached hydrogens (tertiary/aromatic N) is 1. The third kappa shape index (κ3) is 4.52. The average molecular weight is 292 g/mol. The van der Waals surface area contributed by atoms with Crippen molar-refractivity contribution in [1.82, 2.24) is 10.2 Å². The molecule has 0 bridgehead atoms. The lowest BCUT2D eigenvalue weighted by Gasteiger charge is -2.38. The van der Waals surface area contributed by atoms with Crippen molar-refractivity contribution in [2.45, 2.75) is 52.1 Å². The van der Waals surface area contributed by atoms with Crippen LogP contribution in [-0.4, -0.2) is 30.6 Å². The van der Waals surface area contributed by atoms with Crippen LogP contribution in [0.5, 0.6) is 0 Å². The molecule has 2 nitrogen and oxygen atoms in total. The van der Waals surface area contributed by atoms with Crippen molar-refractivity contribution in [3.05, 3.63) is 35.6 Å². The van der Waals surface area contributed by atoms with E-state index < -0.39 is 0 Å². The molecule has 2 rings (SSSR count). The maximum absolute atomic E-state index is 13.2. The molecule has 1 fully saturated rings. The van der Waals surface area contributed by atoms with E-state index >= 15 is 0 Å². The molecule has 1 N–H and O–H groups in total. The summed E-state index contributed by atoms with van der Waals surface area (Å²) >= 11 is 0. The van der Waals surface area contributed by atoms with Gasteiger partial charge in [-0.2, -0.15) is 0 Å². The van der Waals surface area contributed by atoms with Gasteiger partial charge < -0.3 is 5.32 Å². The van der Waals surface area contributed by atoms with Crippen LogP contribution >= 0.6 is 0 Å². The Morgan fingerprint density at radius 1 is 1.19 bits per heavy atom. The summed E-state index contributed by atoms with van der Waals surface area (Å²) in [6.45, 7) is 10.2. The summed E-state index contributed by atoms with van der Waals surface area (Å²) in [5.41, 5.74) is 1.24. The fourth-order valence-electron chi connectivity index (χ4n) is 3.41. The molecule has 1 heterocycles. The van der Waals surface area contributed by atoms with Gasteiger partial charge in [0.25, 0.3) is 0 Å². The number of rotatable bonds is 6. The SMILES string of the molecule is CCC(c1ccc(F)cc1)N(CC1CCNCC1)C(C)C. The van der Waals surface area contributed by atoms with Crippen LogP contribution in [0.1, 0.15) is 51.6 Å². The Morgan fingerprint density at radius 3 is 2.33 bits per heavy atom. The molecule has 0 amide bonds. The van der Waals surface area contributed by atoms with Gasteiger partial charge in [-0.05, 0) is 69.8 Å². The monoisotopic (exact) mass is 292 g/mol. The van der Waals surface area contributed by atoms with Crippen LogP contribution in [0.4, 0.5) is 4.39 Å². The normalized spacial score (nSPS) is 18.4. The highest BCUT2D eigenvalue weighted by Gasteiger charge is 2.25. The van der Waals surface area contributed by atoms with Gasteiger partial charge in [-0.1, -0.05) is 19.1 Å². The summed E-state index contributed by atoms with van der Waals surface area (Å²) < 4.78 is 13.2. The molecule has 1 unspecified atom stereocenters. The Kier molecular flexibility index (Phi) is 6.19. The van der Waals surface area contributed by atoms with Crippen LogP contribution in [0, 0.1) is 11.7 Å². The molecule has 21 heavy (non-hydrogen) atoms. The average Bonchev–Trinajstić information content (AvgIpc) is 2.49. The van der Waals surface area contributed by atoms with E-state index in [9.17, 15) is 4.39 Å². The van der Waals surface area contributed by atoms with Crippen molar-refractivity contribution in [2.24, 2.45) is 5.92 Å². The molecule has 0 aliphatic carbocycles. The zero-order valence-corrected chi connectivity index (χ0v) is 13.6. The lowest BCUT2D eigenvalue weighted by molar-refractivity contribution is 0.113. The smallest absolute Gasteiger partial charge is 0.123 e. The molecule has 1 atom stereocenters. The molecular weight excluding hydrogens is 263 g/mol. The zero-order chi connectivity index (χ0) is 15.2. The quantitative estimate of drug-likeness (QED) is 0.853. The third-order valence-electron chi connectivity index (χ3n) is 4.63. The van der Waals surface area contributed by atoms with Crippen LogP contribution in [0.15, 0.2) is 24.3 Å². The van der Waals surface area contributed by atoms with Gasteiger partial charge in [-0.25, -0.2) is 4.39 Å². The molecule has 118 valence electrons. The van der Waals surface area contributed by atoms with E-state index in [0.717, 1.165) is 32.0 Å². The molecule has 1 aliphatic heterocycles. The van der Waals surface area contributed by atoms with E-state index in [0.29, 0.717) is 12.1 Å². The molecule has 1 saturated heterocycles. The highest BCUT2D eigenvalue weighted by molar-refractivity contribution is 5.20. The van der Waals surface area contributed by atoms with Crippen molar-refractivity contribution in [1.29, 1.82) is 0 Å². The molecule has 3 heteroatoms. The lowest BCUT2D eigenvalue weighted by Crippen LogP contribution is -2.41. The first-order chi connectivity index (χ1) is 10.1. The van der Waals surface area contributed by atoms with Crippen LogP contribution < -0.4 is 5.32 Å².